The van der Waals surface area contributed by atoms with E-state index in [0.717, 1.165) is 9.37 Å². The fourth-order valence-electron chi connectivity index (χ4n) is 1.00. The van der Waals surface area contributed by atoms with E-state index in [-0.39, 0.29) is 0 Å². The highest BCUT2D eigenvalue weighted by molar-refractivity contribution is 9.10. The third-order valence-electron chi connectivity index (χ3n) is 1.54. The molecule has 0 aromatic heterocycles. The Balaban J connectivity index is 2.47. The first-order valence-electron chi connectivity index (χ1n) is 4.26. The van der Waals surface area contributed by atoms with Crippen LogP contribution in [0.1, 0.15) is 12.0 Å². The average Bonchev–Trinajstić information content (AvgIpc) is 2.11. The van der Waals surface area contributed by atoms with E-state index in [1.54, 1.807) is 11.9 Å². The van der Waals surface area contributed by atoms with E-state index in [1.807, 2.05) is 0 Å². The van der Waals surface area contributed by atoms with Crippen LogP contribution in [0.15, 0.2) is 27.6 Å². The summed E-state index contributed by atoms with van der Waals surface area (Å²) in [4.78, 5) is 1.16. The largest absolute Gasteiger partial charge is 0.259 e. The van der Waals surface area contributed by atoms with Gasteiger partial charge >= 0.3 is 0 Å². The number of hydrogen-bond donors (Lipinski definition) is 1. The number of nitriles is 1. The maximum Gasteiger partial charge on any atom is 0.0635 e. The lowest BCUT2D eigenvalue weighted by Gasteiger charge is -2.03. The van der Waals surface area contributed by atoms with Crippen molar-refractivity contribution in [1.29, 1.82) is 5.26 Å². The second kappa shape index (κ2) is 6.07. The summed E-state index contributed by atoms with van der Waals surface area (Å²) in [6.07, 6.45) is 0.542. The number of halogens is 1. The Morgan fingerprint density at radius 3 is 2.93 bits per heavy atom. The predicted octanol–water partition coefficient (Wildman–Crippen LogP) is 3.27. The molecule has 0 spiro atoms. The molecular weight excluding hydrogens is 260 g/mol. The lowest BCUT2D eigenvalue weighted by atomic mass is 10.2. The molecule has 4 heteroatoms. The first-order chi connectivity index (χ1) is 6.72. The maximum absolute atomic E-state index is 8.34. The van der Waals surface area contributed by atoms with E-state index in [1.165, 1.54) is 5.56 Å². The molecule has 0 unspecified atom stereocenters. The number of nitrogens with one attached hydrogen (secondary N) is 1. The lowest BCUT2D eigenvalue weighted by molar-refractivity contribution is 0.944. The smallest absolute Gasteiger partial charge is 0.0635 e. The van der Waals surface area contributed by atoms with Crippen LogP contribution in [-0.2, 0) is 0 Å². The van der Waals surface area contributed by atoms with Crippen molar-refractivity contribution in [3.8, 4) is 6.07 Å². The zero-order chi connectivity index (χ0) is 10.4. The highest BCUT2D eigenvalue weighted by Gasteiger charge is 1.96. The first-order valence-corrected chi connectivity index (χ1v) is 5.87. The van der Waals surface area contributed by atoms with E-state index < -0.39 is 0 Å². The Labute approximate surface area is 97.0 Å². The zero-order valence-corrected chi connectivity index (χ0v) is 10.3. The summed E-state index contributed by atoms with van der Waals surface area (Å²) in [7, 11) is 0. The summed E-state index contributed by atoms with van der Waals surface area (Å²) >= 11 is 5.00. The highest BCUT2D eigenvalue weighted by atomic mass is 79.9. The monoisotopic (exact) mass is 270 g/mol. The standard InChI is InChI=1S/C10H11BrN2S/c1-8-5-9(11)7-10(6-8)14-13-4-2-3-12/h5-7,13H,2,4H2,1H3. The molecule has 0 atom stereocenters. The molecule has 0 amide bonds. The van der Waals surface area contributed by atoms with Gasteiger partial charge in [0.2, 0.25) is 0 Å². The predicted molar refractivity (Wildman–Crippen MR) is 63.0 cm³/mol. The molecule has 0 bridgehead atoms. The third kappa shape index (κ3) is 4.14. The van der Waals surface area contributed by atoms with Gasteiger partial charge in [-0.15, -0.1) is 0 Å². The minimum atomic E-state index is 0.542. The van der Waals surface area contributed by atoms with Crippen molar-refractivity contribution in [2.45, 2.75) is 18.2 Å². The Kier molecular flexibility index (Phi) is 5.02. The molecule has 14 heavy (non-hydrogen) atoms. The molecule has 1 aromatic rings. The van der Waals surface area contributed by atoms with E-state index in [0.29, 0.717) is 13.0 Å². The van der Waals surface area contributed by atoms with Gasteiger partial charge in [0.25, 0.3) is 0 Å². The molecule has 0 saturated carbocycles. The van der Waals surface area contributed by atoms with E-state index in [9.17, 15) is 0 Å². The second-order valence-corrected chi connectivity index (χ2v) is 4.75. The van der Waals surface area contributed by atoms with Crippen molar-refractivity contribution < 1.29 is 0 Å². The molecule has 0 aliphatic carbocycles. The first kappa shape index (κ1) is 11.6. The molecule has 1 rings (SSSR count). The van der Waals surface area contributed by atoms with Crippen LogP contribution < -0.4 is 4.72 Å². The van der Waals surface area contributed by atoms with Gasteiger partial charge in [-0.05, 0) is 42.6 Å². The Bertz CT molecular complexity index is 326. The summed E-state index contributed by atoms with van der Waals surface area (Å²) in [5.41, 5.74) is 1.23. The van der Waals surface area contributed by atoms with Crippen LogP contribution in [0, 0.1) is 18.3 Å². The molecule has 0 radical (unpaired) electrons. The third-order valence-corrected chi connectivity index (χ3v) is 2.82. The second-order valence-electron chi connectivity index (χ2n) is 2.87. The Hall–Kier alpha value is -0.500. The molecule has 0 aliphatic heterocycles. The van der Waals surface area contributed by atoms with Crippen LogP contribution in [0.2, 0.25) is 0 Å². The van der Waals surface area contributed by atoms with E-state index in [4.69, 9.17) is 5.26 Å². The van der Waals surface area contributed by atoms with Gasteiger partial charge < -0.3 is 0 Å². The van der Waals surface area contributed by atoms with E-state index >= 15 is 0 Å². The summed E-state index contributed by atoms with van der Waals surface area (Å²) in [5, 5.41) is 8.34. The number of aryl methyl sites for hydroxylation is 1. The molecule has 2 nitrogen and oxygen atoms in total. The number of hydrogen-bond acceptors (Lipinski definition) is 3. The Morgan fingerprint density at radius 2 is 2.29 bits per heavy atom. The number of rotatable bonds is 4. The molecule has 0 aliphatic rings. The minimum Gasteiger partial charge on any atom is -0.259 e. The van der Waals surface area contributed by atoms with Crippen LogP contribution in [0.5, 0.6) is 0 Å². The summed E-state index contributed by atoms with van der Waals surface area (Å²) in [6.45, 7) is 2.77. The zero-order valence-electron chi connectivity index (χ0n) is 7.88. The molecule has 1 aromatic carbocycles. The van der Waals surface area contributed by atoms with Crippen molar-refractivity contribution >= 4 is 27.9 Å². The molecule has 0 fully saturated rings. The quantitative estimate of drug-likeness (QED) is 0.674. The van der Waals surface area contributed by atoms with Crippen molar-refractivity contribution in [3.63, 3.8) is 0 Å². The SMILES string of the molecule is Cc1cc(Br)cc(SNCCC#N)c1. The van der Waals surface area contributed by atoms with Crippen LogP contribution in [0.3, 0.4) is 0 Å². The van der Waals surface area contributed by atoms with Crippen molar-refractivity contribution in [2.24, 2.45) is 0 Å². The highest BCUT2D eigenvalue weighted by Crippen LogP contribution is 2.21. The van der Waals surface area contributed by atoms with Crippen molar-refractivity contribution in [1.82, 2.24) is 4.72 Å². The lowest BCUT2D eigenvalue weighted by Crippen LogP contribution is -2.03. The van der Waals surface area contributed by atoms with Gasteiger partial charge in [0, 0.05) is 22.3 Å². The summed E-state index contributed by atoms with van der Waals surface area (Å²) < 4.78 is 4.22. The van der Waals surface area contributed by atoms with Crippen LogP contribution in [0.25, 0.3) is 0 Å². The van der Waals surface area contributed by atoms with Crippen LogP contribution in [-0.4, -0.2) is 6.54 Å². The normalized spacial score (nSPS) is 9.79. The average molecular weight is 271 g/mol. The Morgan fingerprint density at radius 1 is 1.50 bits per heavy atom. The van der Waals surface area contributed by atoms with Gasteiger partial charge in [-0.1, -0.05) is 15.9 Å². The topological polar surface area (TPSA) is 35.8 Å². The summed E-state index contributed by atoms with van der Waals surface area (Å²) in [5.74, 6) is 0. The van der Waals surface area contributed by atoms with Gasteiger partial charge in [0.15, 0.2) is 0 Å². The van der Waals surface area contributed by atoms with Gasteiger partial charge in [-0.2, -0.15) is 5.26 Å². The number of nitrogens with zero attached hydrogens (tertiary/aromatic N) is 1. The maximum atomic E-state index is 8.34. The van der Waals surface area contributed by atoms with Crippen molar-refractivity contribution in [2.75, 3.05) is 6.54 Å². The molecule has 0 saturated heterocycles. The molecule has 0 heterocycles. The van der Waals surface area contributed by atoms with Gasteiger partial charge in [0.05, 0.1) is 6.07 Å². The minimum absolute atomic E-state index is 0.542. The van der Waals surface area contributed by atoms with Crippen molar-refractivity contribution in [3.05, 3.63) is 28.2 Å². The molecular formula is C10H11BrN2S. The van der Waals surface area contributed by atoms with Gasteiger partial charge in [-0.25, -0.2) is 0 Å². The van der Waals surface area contributed by atoms with E-state index in [2.05, 4.69) is 51.8 Å². The van der Waals surface area contributed by atoms with Crippen LogP contribution in [0.4, 0.5) is 0 Å². The van der Waals surface area contributed by atoms with Gasteiger partial charge in [-0.3, -0.25) is 4.72 Å². The number of benzene rings is 1. The fraction of sp³-hybridized carbons (Fsp3) is 0.300. The van der Waals surface area contributed by atoms with Gasteiger partial charge in [0.1, 0.15) is 0 Å². The molecule has 74 valence electrons. The van der Waals surface area contributed by atoms with Crippen LogP contribution >= 0.6 is 27.9 Å². The summed E-state index contributed by atoms with van der Waals surface area (Å²) in [6, 6.07) is 8.32. The fourth-order valence-corrected chi connectivity index (χ4v) is 2.56. The molecule has 1 N–H and O–H groups in total.